The van der Waals surface area contributed by atoms with Crippen molar-refractivity contribution in [2.75, 3.05) is 6.54 Å². The second-order valence-electron chi connectivity index (χ2n) is 6.07. The Balaban J connectivity index is 1.69. The first-order valence-corrected chi connectivity index (χ1v) is 8.49. The number of halogens is 4. The second-order valence-corrected chi connectivity index (χ2v) is 6.07. The zero-order chi connectivity index (χ0) is 21.0. The van der Waals surface area contributed by atoms with Crippen molar-refractivity contribution in [3.05, 3.63) is 77.2 Å². The number of aryl methyl sites for hydroxylation is 1. The van der Waals surface area contributed by atoms with E-state index in [1.165, 1.54) is 41.1 Å². The summed E-state index contributed by atoms with van der Waals surface area (Å²) in [4.78, 5) is 12.3. The Morgan fingerprint density at radius 2 is 1.83 bits per heavy atom. The van der Waals surface area contributed by atoms with Crippen molar-refractivity contribution in [3.8, 4) is 23.1 Å². The SMILES string of the molecule is Cn1nc(-c2ccc(F)cc2)cc1C(=O)NCC#Cc1ccccc1C(F)(F)F. The number of hydrogen-bond acceptors (Lipinski definition) is 2. The standard InChI is InChI=1S/C21H15F4N3O/c1-28-19(13-18(27-28)15-8-10-16(22)11-9-15)20(29)26-12-4-6-14-5-2-3-7-17(14)21(23,24)25/h2-3,5,7-11,13H,12H2,1H3,(H,26,29). The molecule has 0 aliphatic heterocycles. The highest BCUT2D eigenvalue weighted by molar-refractivity contribution is 5.93. The molecule has 1 amide bonds. The van der Waals surface area contributed by atoms with Gasteiger partial charge in [0.05, 0.1) is 17.8 Å². The fourth-order valence-corrected chi connectivity index (χ4v) is 2.64. The Kier molecular flexibility index (Phi) is 5.69. The van der Waals surface area contributed by atoms with Gasteiger partial charge in [0, 0.05) is 18.2 Å². The number of nitrogens with one attached hydrogen (secondary N) is 1. The number of aromatic nitrogens is 2. The van der Waals surface area contributed by atoms with Crippen molar-refractivity contribution in [2.45, 2.75) is 6.18 Å². The van der Waals surface area contributed by atoms with E-state index in [0.29, 0.717) is 11.3 Å². The highest BCUT2D eigenvalue weighted by Crippen LogP contribution is 2.31. The summed E-state index contributed by atoms with van der Waals surface area (Å²) in [6, 6.07) is 12.2. The third kappa shape index (κ3) is 4.82. The maximum atomic E-state index is 13.0. The van der Waals surface area contributed by atoms with Gasteiger partial charge in [0.2, 0.25) is 0 Å². The molecule has 0 saturated heterocycles. The minimum Gasteiger partial charge on any atom is -0.340 e. The summed E-state index contributed by atoms with van der Waals surface area (Å²) < 4.78 is 53.2. The number of amides is 1. The van der Waals surface area contributed by atoms with Gasteiger partial charge in [-0.15, -0.1) is 0 Å². The minimum absolute atomic E-state index is 0.137. The summed E-state index contributed by atoms with van der Waals surface area (Å²) in [5, 5.41) is 6.75. The third-order valence-corrected chi connectivity index (χ3v) is 4.05. The molecule has 4 nitrogen and oxygen atoms in total. The van der Waals surface area contributed by atoms with Crippen molar-refractivity contribution >= 4 is 5.91 Å². The van der Waals surface area contributed by atoms with Crippen LogP contribution in [0, 0.1) is 17.7 Å². The first-order chi connectivity index (χ1) is 13.8. The number of carbonyl (C=O) groups excluding carboxylic acids is 1. The lowest BCUT2D eigenvalue weighted by molar-refractivity contribution is -0.137. The Hall–Kier alpha value is -3.60. The van der Waals surface area contributed by atoms with Crippen molar-refractivity contribution in [1.82, 2.24) is 15.1 Å². The molecule has 0 aliphatic carbocycles. The van der Waals surface area contributed by atoms with Crippen LogP contribution in [0.5, 0.6) is 0 Å². The average molecular weight is 401 g/mol. The number of rotatable bonds is 3. The van der Waals surface area contributed by atoms with Crippen LogP contribution in [0.1, 0.15) is 21.6 Å². The molecule has 0 atom stereocenters. The van der Waals surface area contributed by atoms with E-state index >= 15 is 0 Å². The molecule has 0 saturated carbocycles. The van der Waals surface area contributed by atoms with Crippen molar-refractivity contribution in [1.29, 1.82) is 0 Å². The van der Waals surface area contributed by atoms with Gasteiger partial charge in [0.15, 0.2) is 0 Å². The van der Waals surface area contributed by atoms with Crippen LogP contribution in [-0.4, -0.2) is 22.2 Å². The number of alkyl halides is 3. The molecule has 0 radical (unpaired) electrons. The molecular formula is C21H15F4N3O. The Bertz CT molecular complexity index is 1090. The van der Waals surface area contributed by atoms with Gasteiger partial charge in [-0.2, -0.15) is 18.3 Å². The molecule has 1 heterocycles. The average Bonchev–Trinajstić information content (AvgIpc) is 3.07. The summed E-state index contributed by atoms with van der Waals surface area (Å²) in [6.45, 7) is -0.137. The summed E-state index contributed by atoms with van der Waals surface area (Å²) in [5.41, 5.74) is 0.386. The van der Waals surface area contributed by atoms with Gasteiger partial charge in [0.25, 0.3) is 5.91 Å². The lowest BCUT2D eigenvalue weighted by Gasteiger charge is -2.08. The molecule has 0 bridgehead atoms. The lowest BCUT2D eigenvalue weighted by Crippen LogP contribution is -2.25. The van der Waals surface area contributed by atoms with Crippen LogP contribution in [0.2, 0.25) is 0 Å². The van der Waals surface area contributed by atoms with Gasteiger partial charge >= 0.3 is 6.18 Å². The largest absolute Gasteiger partial charge is 0.417 e. The number of carbonyl (C=O) groups is 1. The number of benzene rings is 2. The summed E-state index contributed by atoms with van der Waals surface area (Å²) >= 11 is 0. The molecule has 0 aliphatic rings. The van der Waals surface area contributed by atoms with Crippen LogP contribution in [-0.2, 0) is 13.2 Å². The maximum Gasteiger partial charge on any atom is 0.417 e. The Labute approximate surface area is 164 Å². The van der Waals surface area contributed by atoms with Gasteiger partial charge in [-0.05, 0) is 42.5 Å². The molecule has 0 unspecified atom stereocenters. The second kappa shape index (κ2) is 8.19. The van der Waals surface area contributed by atoms with Gasteiger partial charge in [0.1, 0.15) is 11.5 Å². The molecule has 1 N–H and O–H groups in total. The van der Waals surface area contributed by atoms with E-state index in [1.54, 1.807) is 19.2 Å². The zero-order valence-corrected chi connectivity index (χ0v) is 15.2. The van der Waals surface area contributed by atoms with Crippen LogP contribution in [0.3, 0.4) is 0 Å². The smallest absolute Gasteiger partial charge is 0.340 e. The normalized spacial score (nSPS) is 10.9. The third-order valence-electron chi connectivity index (χ3n) is 4.05. The van der Waals surface area contributed by atoms with E-state index in [0.717, 1.165) is 6.07 Å². The van der Waals surface area contributed by atoms with E-state index in [4.69, 9.17) is 0 Å². The fraction of sp³-hybridized carbons (Fsp3) is 0.143. The Morgan fingerprint density at radius 1 is 1.14 bits per heavy atom. The predicted octanol–water partition coefficient (Wildman–Crippen LogP) is 4.03. The molecule has 148 valence electrons. The first-order valence-electron chi connectivity index (χ1n) is 8.49. The van der Waals surface area contributed by atoms with Crippen LogP contribution in [0.25, 0.3) is 11.3 Å². The summed E-state index contributed by atoms with van der Waals surface area (Å²) in [5.74, 6) is 4.10. The zero-order valence-electron chi connectivity index (χ0n) is 15.2. The van der Waals surface area contributed by atoms with Gasteiger partial charge in [-0.3, -0.25) is 9.48 Å². The minimum atomic E-state index is -4.50. The molecule has 2 aromatic carbocycles. The molecule has 3 rings (SSSR count). The van der Waals surface area contributed by atoms with Gasteiger partial charge < -0.3 is 5.32 Å². The molecule has 29 heavy (non-hydrogen) atoms. The molecule has 0 spiro atoms. The molecule has 0 fully saturated rings. The summed E-state index contributed by atoms with van der Waals surface area (Å²) in [6.07, 6.45) is -4.50. The van der Waals surface area contributed by atoms with Gasteiger partial charge in [-0.1, -0.05) is 24.0 Å². The summed E-state index contributed by atoms with van der Waals surface area (Å²) in [7, 11) is 1.58. The van der Waals surface area contributed by atoms with Crippen molar-refractivity contribution in [2.24, 2.45) is 7.05 Å². The maximum absolute atomic E-state index is 13.0. The highest BCUT2D eigenvalue weighted by Gasteiger charge is 2.32. The topological polar surface area (TPSA) is 46.9 Å². The predicted molar refractivity (Wildman–Crippen MR) is 99.3 cm³/mol. The van der Waals surface area contributed by atoms with Crippen LogP contribution in [0.4, 0.5) is 17.6 Å². The van der Waals surface area contributed by atoms with Crippen LogP contribution in [0.15, 0.2) is 54.6 Å². The Morgan fingerprint density at radius 3 is 2.52 bits per heavy atom. The monoisotopic (exact) mass is 401 g/mol. The molecule has 3 aromatic rings. The van der Waals surface area contributed by atoms with E-state index < -0.39 is 17.6 Å². The highest BCUT2D eigenvalue weighted by atomic mass is 19.4. The first kappa shape index (κ1) is 20.1. The van der Waals surface area contributed by atoms with E-state index in [2.05, 4.69) is 22.3 Å². The van der Waals surface area contributed by atoms with Crippen molar-refractivity contribution < 1.29 is 22.4 Å². The lowest BCUT2D eigenvalue weighted by atomic mass is 10.1. The number of hydrogen-bond donors (Lipinski definition) is 1. The van der Waals surface area contributed by atoms with Gasteiger partial charge in [-0.25, -0.2) is 4.39 Å². The fourth-order valence-electron chi connectivity index (χ4n) is 2.64. The quantitative estimate of drug-likeness (QED) is 0.532. The van der Waals surface area contributed by atoms with E-state index in [9.17, 15) is 22.4 Å². The van der Waals surface area contributed by atoms with Crippen LogP contribution < -0.4 is 5.32 Å². The van der Waals surface area contributed by atoms with E-state index in [1.807, 2.05) is 0 Å². The van der Waals surface area contributed by atoms with E-state index in [-0.39, 0.29) is 23.6 Å². The number of nitrogens with zero attached hydrogens (tertiary/aromatic N) is 2. The molecular weight excluding hydrogens is 386 g/mol. The van der Waals surface area contributed by atoms with Crippen LogP contribution >= 0.6 is 0 Å². The molecule has 1 aromatic heterocycles. The van der Waals surface area contributed by atoms with Crippen molar-refractivity contribution in [3.63, 3.8) is 0 Å². The molecule has 8 heteroatoms.